The highest BCUT2D eigenvalue weighted by Gasteiger charge is 2.67. The highest BCUT2D eigenvalue weighted by atomic mass is 16.6. The molecule has 2 fully saturated rings. The lowest BCUT2D eigenvalue weighted by atomic mass is 9.77. The van der Waals surface area contributed by atoms with Crippen LogP contribution >= 0.6 is 0 Å². The van der Waals surface area contributed by atoms with Crippen LogP contribution in [0.3, 0.4) is 0 Å². The maximum atomic E-state index is 13.1. The number of fused-ring (bicyclic) bond motifs is 1. The number of rotatable bonds is 4. The van der Waals surface area contributed by atoms with E-state index >= 15 is 0 Å². The van der Waals surface area contributed by atoms with Crippen molar-refractivity contribution >= 4 is 17.6 Å². The quantitative estimate of drug-likeness (QED) is 0.619. The number of hydrogen-bond acceptors (Lipinski definition) is 5. The lowest BCUT2D eigenvalue weighted by Crippen LogP contribution is -2.40. The van der Waals surface area contributed by atoms with Crippen LogP contribution in [-0.4, -0.2) is 43.8 Å². The van der Waals surface area contributed by atoms with Crippen molar-refractivity contribution in [2.24, 2.45) is 11.8 Å². The van der Waals surface area contributed by atoms with Gasteiger partial charge in [-0.2, -0.15) is 0 Å². The molecule has 0 radical (unpaired) electrons. The summed E-state index contributed by atoms with van der Waals surface area (Å²) in [5.41, 5.74) is -0.0585. The third-order valence-corrected chi connectivity index (χ3v) is 5.04. The van der Waals surface area contributed by atoms with Gasteiger partial charge in [0.15, 0.2) is 0 Å². The highest BCUT2D eigenvalue weighted by molar-refractivity contribution is 6.03. The van der Waals surface area contributed by atoms with E-state index in [9.17, 15) is 9.59 Å². The smallest absolute Gasteiger partial charge is 0.312 e. The van der Waals surface area contributed by atoms with Crippen molar-refractivity contribution in [3.05, 3.63) is 36.4 Å². The number of amides is 1. The Bertz CT molecular complexity index is 730. The molecule has 24 heavy (non-hydrogen) atoms. The largest absolute Gasteiger partial charge is 0.495 e. The van der Waals surface area contributed by atoms with E-state index in [4.69, 9.17) is 14.2 Å². The molecule has 0 aliphatic carbocycles. The summed E-state index contributed by atoms with van der Waals surface area (Å²) in [6.45, 7) is 2.42. The van der Waals surface area contributed by atoms with Gasteiger partial charge in [-0.1, -0.05) is 24.3 Å². The molecule has 1 aromatic carbocycles. The summed E-state index contributed by atoms with van der Waals surface area (Å²) in [6, 6.07) is 7.36. The highest BCUT2D eigenvalue weighted by Crippen LogP contribution is 2.53. The Labute approximate surface area is 140 Å². The van der Waals surface area contributed by atoms with Gasteiger partial charge in [0.05, 0.1) is 38.0 Å². The number of esters is 1. The van der Waals surface area contributed by atoms with Crippen LogP contribution in [0.2, 0.25) is 0 Å². The Kier molecular flexibility index (Phi) is 3.38. The fourth-order valence-electron chi connectivity index (χ4n) is 4.06. The number of carbonyl (C=O) groups excluding carboxylic acids is 2. The molecule has 3 heterocycles. The molecule has 4 atom stereocenters. The van der Waals surface area contributed by atoms with E-state index in [0.717, 1.165) is 0 Å². The third-order valence-electron chi connectivity index (χ3n) is 5.04. The number of para-hydroxylation sites is 2. The predicted octanol–water partition coefficient (Wildman–Crippen LogP) is 1.54. The summed E-state index contributed by atoms with van der Waals surface area (Å²) in [7, 11) is 1.57. The molecule has 0 saturated carbocycles. The molecule has 6 nitrogen and oxygen atoms in total. The minimum Gasteiger partial charge on any atom is -0.495 e. The van der Waals surface area contributed by atoms with Gasteiger partial charge in [0, 0.05) is 0 Å². The van der Waals surface area contributed by atoms with E-state index in [1.807, 2.05) is 36.4 Å². The van der Waals surface area contributed by atoms with Gasteiger partial charge in [-0.15, -0.1) is 0 Å². The minimum atomic E-state index is -0.750. The summed E-state index contributed by atoms with van der Waals surface area (Å²) in [4.78, 5) is 27.1. The molecule has 2 saturated heterocycles. The fourth-order valence-corrected chi connectivity index (χ4v) is 4.06. The molecule has 6 heteroatoms. The molecule has 1 spiro atoms. The van der Waals surface area contributed by atoms with Crippen molar-refractivity contribution in [2.75, 3.05) is 25.2 Å². The zero-order valence-electron chi connectivity index (χ0n) is 13.6. The average molecular weight is 329 g/mol. The van der Waals surface area contributed by atoms with Crippen molar-refractivity contribution in [1.29, 1.82) is 0 Å². The van der Waals surface area contributed by atoms with Gasteiger partial charge in [0.2, 0.25) is 5.91 Å². The number of benzene rings is 1. The van der Waals surface area contributed by atoms with E-state index in [1.165, 1.54) is 0 Å². The first kappa shape index (κ1) is 15.2. The second kappa shape index (κ2) is 5.34. The molecule has 0 unspecified atom stereocenters. The molecule has 0 aromatic heterocycles. The summed E-state index contributed by atoms with van der Waals surface area (Å²) < 4.78 is 16.6. The van der Waals surface area contributed by atoms with Gasteiger partial charge in [-0.05, 0) is 19.1 Å². The van der Waals surface area contributed by atoms with Crippen molar-refractivity contribution in [1.82, 2.24) is 0 Å². The number of carbonyl (C=O) groups is 2. The van der Waals surface area contributed by atoms with Gasteiger partial charge in [-0.3, -0.25) is 9.59 Å². The second-order valence-corrected chi connectivity index (χ2v) is 6.25. The van der Waals surface area contributed by atoms with Gasteiger partial charge in [0.1, 0.15) is 17.3 Å². The Balaban J connectivity index is 1.71. The van der Waals surface area contributed by atoms with Crippen LogP contribution in [0.4, 0.5) is 5.69 Å². The molecule has 0 N–H and O–H groups in total. The Morgan fingerprint density at radius 3 is 2.96 bits per heavy atom. The van der Waals surface area contributed by atoms with Gasteiger partial charge >= 0.3 is 5.97 Å². The Hall–Kier alpha value is -2.34. The molecule has 3 aliphatic heterocycles. The average Bonchev–Trinajstić information content (AvgIpc) is 3.23. The minimum absolute atomic E-state index is 0.121. The molecule has 1 amide bonds. The summed E-state index contributed by atoms with van der Waals surface area (Å²) in [5, 5.41) is 0. The molecule has 126 valence electrons. The van der Waals surface area contributed by atoms with Gasteiger partial charge < -0.3 is 19.1 Å². The molecule has 2 bridgehead atoms. The van der Waals surface area contributed by atoms with E-state index in [1.54, 1.807) is 18.9 Å². The molecule has 1 aromatic rings. The molecular formula is C18H19NO5. The standard InChI is InChI=1S/C18H19NO5/c1-3-23-17(21)14-13-8-9-18(24-13)10-19(16(20)15(14)18)11-6-4-5-7-12(11)22-2/h4-9,13-15H,3,10H2,1-2H3/t13-,14+,15+,18-/m1/s1. The lowest BCUT2D eigenvalue weighted by molar-refractivity contribution is -0.151. The van der Waals surface area contributed by atoms with Gasteiger partial charge in [-0.25, -0.2) is 0 Å². The zero-order chi connectivity index (χ0) is 16.9. The molecular weight excluding hydrogens is 310 g/mol. The summed E-state index contributed by atoms with van der Waals surface area (Å²) in [6.07, 6.45) is 3.42. The van der Waals surface area contributed by atoms with Crippen LogP contribution < -0.4 is 9.64 Å². The van der Waals surface area contributed by atoms with Crippen LogP contribution in [0.25, 0.3) is 0 Å². The lowest BCUT2D eigenvalue weighted by Gasteiger charge is -2.22. The first-order valence-electron chi connectivity index (χ1n) is 8.09. The van der Waals surface area contributed by atoms with E-state index in [2.05, 4.69) is 0 Å². The van der Waals surface area contributed by atoms with Crippen molar-refractivity contribution in [3.8, 4) is 5.75 Å². The van der Waals surface area contributed by atoms with Crippen molar-refractivity contribution in [2.45, 2.75) is 18.6 Å². The Morgan fingerprint density at radius 2 is 2.21 bits per heavy atom. The van der Waals surface area contributed by atoms with Crippen LogP contribution in [0.15, 0.2) is 36.4 Å². The zero-order valence-corrected chi connectivity index (χ0v) is 13.6. The first-order chi connectivity index (χ1) is 11.6. The van der Waals surface area contributed by atoms with E-state index < -0.39 is 17.4 Å². The monoisotopic (exact) mass is 329 g/mol. The number of methoxy groups -OCH3 is 1. The maximum absolute atomic E-state index is 13.1. The van der Waals surface area contributed by atoms with E-state index in [0.29, 0.717) is 18.0 Å². The second-order valence-electron chi connectivity index (χ2n) is 6.25. The maximum Gasteiger partial charge on any atom is 0.312 e. The molecule has 3 aliphatic rings. The number of hydrogen-bond donors (Lipinski definition) is 0. The van der Waals surface area contributed by atoms with Crippen LogP contribution in [0, 0.1) is 11.8 Å². The van der Waals surface area contributed by atoms with Crippen molar-refractivity contribution < 1.29 is 23.8 Å². The normalized spacial score (nSPS) is 33.0. The topological polar surface area (TPSA) is 65.1 Å². The number of anilines is 1. The van der Waals surface area contributed by atoms with Crippen LogP contribution in [0.5, 0.6) is 5.75 Å². The first-order valence-corrected chi connectivity index (χ1v) is 8.09. The summed E-state index contributed by atoms with van der Waals surface area (Å²) >= 11 is 0. The van der Waals surface area contributed by atoms with Crippen molar-refractivity contribution in [3.63, 3.8) is 0 Å². The van der Waals surface area contributed by atoms with Crippen LogP contribution in [0.1, 0.15) is 6.92 Å². The van der Waals surface area contributed by atoms with Gasteiger partial charge in [0.25, 0.3) is 0 Å². The third kappa shape index (κ3) is 1.92. The number of nitrogens with zero attached hydrogens (tertiary/aromatic N) is 1. The molecule has 4 rings (SSSR count). The fraction of sp³-hybridized carbons (Fsp3) is 0.444. The van der Waals surface area contributed by atoms with Crippen LogP contribution in [-0.2, 0) is 19.1 Å². The summed E-state index contributed by atoms with van der Waals surface area (Å²) in [5.74, 6) is -0.995. The SMILES string of the molecule is CCOC(=O)[C@@H]1[C@H]2C(=O)N(c3ccccc3OC)C[C@]23C=C[C@H]1O3. The predicted molar refractivity (Wildman–Crippen MR) is 85.7 cm³/mol. The number of ether oxygens (including phenoxy) is 3. The Morgan fingerprint density at radius 1 is 1.42 bits per heavy atom. The van der Waals surface area contributed by atoms with E-state index in [-0.39, 0.29) is 24.6 Å².